The second-order valence-electron chi connectivity index (χ2n) is 6.71. The van der Waals surface area contributed by atoms with E-state index in [1.165, 1.54) is 4.90 Å². The first-order valence-corrected chi connectivity index (χ1v) is 8.83. The number of guanidine groups is 1. The summed E-state index contributed by atoms with van der Waals surface area (Å²) in [4.78, 5) is 19.2. The molecule has 4 rings (SSSR count). The molecule has 2 aliphatic rings. The van der Waals surface area contributed by atoms with Gasteiger partial charge in [0.25, 0.3) is 5.91 Å². The third-order valence-electron chi connectivity index (χ3n) is 5.01. The number of likely N-dealkylation sites (N-methyl/N-ethyl adjacent to an activating group) is 1. The topological polar surface area (TPSA) is 67.9 Å². The Morgan fingerprint density at radius 3 is 2.60 bits per heavy atom. The zero-order valence-corrected chi connectivity index (χ0v) is 15.6. The number of carbonyl (C=O) groups is 1. The Bertz CT molecular complexity index is 899. The number of aliphatic imine (C=N–C) groups is 1. The van der Waals surface area contributed by atoms with Gasteiger partial charge in [-0.15, -0.1) is 0 Å². The van der Waals surface area contributed by atoms with Gasteiger partial charge in [0, 0.05) is 23.5 Å². The number of ether oxygens (including phenoxy) is 1. The van der Waals surface area contributed by atoms with Gasteiger partial charge >= 0.3 is 0 Å². The van der Waals surface area contributed by atoms with Gasteiger partial charge in [0.15, 0.2) is 11.5 Å². The quantitative estimate of drug-likeness (QED) is 0.800. The maximum absolute atomic E-state index is 13.1. The fourth-order valence-electron chi connectivity index (χ4n) is 3.72. The maximum atomic E-state index is 13.1. The molecule has 128 valence electrons. The van der Waals surface area contributed by atoms with Crippen molar-refractivity contribution in [2.75, 3.05) is 7.05 Å². The SMILES string of the molecule is CN1C(=O)C2(C[C@@](C)(c3ccccc3)Oc3ccc(Br)cc32)N=C1N. The molecule has 1 unspecified atom stereocenters. The average Bonchev–Trinajstić information content (AvgIpc) is 2.81. The van der Waals surface area contributed by atoms with Crippen molar-refractivity contribution in [2.45, 2.75) is 24.5 Å². The van der Waals surface area contributed by atoms with Crippen LogP contribution in [-0.4, -0.2) is 23.8 Å². The molecule has 0 radical (unpaired) electrons. The number of nitrogens with two attached hydrogens (primary N) is 1. The number of hydrogen-bond acceptors (Lipinski definition) is 4. The standard InChI is InChI=1S/C19H18BrN3O2/c1-18(12-6-4-3-5-7-12)11-19(16(24)23(2)17(21)22-19)14-10-13(20)8-9-15(14)25-18/h3-10H,11H2,1-2H3,(H2,21,22)/t18-,19?/m0/s1. The number of hydrogen-bond donors (Lipinski definition) is 1. The lowest BCUT2D eigenvalue weighted by molar-refractivity contribution is -0.134. The summed E-state index contributed by atoms with van der Waals surface area (Å²) >= 11 is 3.48. The minimum Gasteiger partial charge on any atom is -0.482 e. The van der Waals surface area contributed by atoms with Crippen molar-refractivity contribution in [3.63, 3.8) is 0 Å². The zero-order valence-electron chi connectivity index (χ0n) is 14.0. The monoisotopic (exact) mass is 399 g/mol. The third kappa shape index (κ3) is 2.28. The van der Waals surface area contributed by atoms with Crippen LogP contribution in [-0.2, 0) is 15.9 Å². The minimum absolute atomic E-state index is 0.130. The first-order valence-electron chi connectivity index (χ1n) is 8.04. The summed E-state index contributed by atoms with van der Waals surface area (Å²) in [6.07, 6.45) is 0.386. The Labute approximate surface area is 154 Å². The van der Waals surface area contributed by atoms with Crippen molar-refractivity contribution < 1.29 is 9.53 Å². The van der Waals surface area contributed by atoms with Gasteiger partial charge < -0.3 is 10.5 Å². The summed E-state index contributed by atoms with van der Waals surface area (Å²) in [5.41, 5.74) is 5.99. The second-order valence-corrected chi connectivity index (χ2v) is 7.63. The lowest BCUT2D eigenvalue weighted by Gasteiger charge is -2.43. The first-order chi connectivity index (χ1) is 11.9. The Balaban J connectivity index is 1.95. The van der Waals surface area contributed by atoms with E-state index in [4.69, 9.17) is 10.5 Å². The number of rotatable bonds is 1. The van der Waals surface area contributed by atoms with E-state index in [-0.39, 0.29) is 11.9 Å². The van der Waals surface area contributed by atoms with E-state index in [0.29, 0.717) is 12.2 Å². The summed E-state index contributed by atoms with van der Waals surface area (Å²) in [6, 6.07) is 15.6. The molecular weight excluding hydrogens is 382 g/mol. The summed E-state index contributed by atoms with van der Waals surface area (Å²) < 4.78 is 7.23. The number of nitrogens with zero attached hydrogens (tertiary/aromatic N) is 2. The largest absolute Gasteiger partial charge is 0.482 e. The average molecular weight is 400 g/mol. The van der Waals surface area contributed by atoms with E-state index in [9.17, 15) is 4.79 Å². The van der Waals surface area contributed by atoms with Crippen LogP contribution in [0.25, 0.3) is 0 Å². The van der Waals surface area contributed by atoms with Crippen LogP contribution in [0.15, 0.2) is 58.0 Å². The molecular formula is C19H18BrN3O2. The number of amides is 1. The molecule has 1 spiro atoms. The summed E-state index contributed by atoms with van der Waals surface area (Å²) in [5, 5.41) is 0. The molecule has 2 aromatic rings. The van der Waals surface area contributed by atoms with Gasteiger partial charge in [-0.05, 0) is 30.7 Å². The van der Waals surface area contributed by atoms with Gasteiger partial charge in [0.05, 0.1) is 0 Å². The van der Waals surface area contributed by atoms with Gasteiger partial charge in [-0.3, -0.25) is 9.69 Å². The summed E-state index contributed by atoms with van der Waals surface area (Å²) in [7, 11) is 1.66. The highest BCUT2D eigenvalue weighted by Gasteiger charge is 2.57. The van der Waals surface area contributed by atoms with Crippen molar-refractivity contribution in [1.29, 1.82) is 0 Å². The van der Waals surface area contributed by atoms with E-state index < -0.39 is 11.1 Å². The van der Waals surface area contributed by atoms with Gasteiger partial charge in [-0.1, -0.05) is 46.3 Å². The molecule has 0 saturated heterocycles. The predicted molar refractivity (Wildman–Crippen MR) is 99.3 cm³/mol. The summed E-state index contributed by atoms with van der Waals surface area (Å²) in [5.74, 6) is 0.754. The van der Waals surface area contributed by atoms with Crippen LogP contribution in [0.2, 0.25) is 0 Å². The number of halogens is 1. The highest BCUT2D eigenvalue weighted by Crippen LogP contribution is 2.52. The van der Waals surface area contributed by atoms with E-state index >= 15 is 0 Å². The Kier molecular flexibility index (Phi) is 3.44. The van der Waals surface area contributed by atoms with E-state index in [1.54, 1.807) is 7.05 Å². The molecule has 25 heavy (non-hydrogen) atoms. The van der Waals surface area contributed by atoms with Gasteiger partial charge in [-0.25, -0.2) is 4.99 Å². The smallest absolute Gasteiger partial charge is 0.261 e. The normalized spacial score (nSPS) is 27.9. The second kappa shape index (κ2) is 5.33. The highest BCUT2D eigenvalue weighted by atomic mass is 79.9. The molecule has 0 fully saturated rings. The predicted octanol–water partition coefficient (Wildman–Crippen LogP) is 3.13. The molecule has 5 nitrogen and oxygen atoms in total. The van der Waals surface area contributed by atoms with Crippen LogP contribution in [0.5, 0.6) is 5.75 Å². The van der Waals surface area contributed by atoms with Crippen molar-refractivity contribution in [1.82, 2.24) is 4.90 Å². The molecule has 2 aliphatic heterocycles. The number of fused-ring (bicyclic) bond motifs is 2. The maximum Gasteiger partial charge on any atom is 0.261 e. The van der Waals surface area contributed by atoms with Crippen LogP contribution in [0.1, 0.15) is 24.5 Å². The van der Waals surface area contributed by atoms with Gasteiger partial charge in [0.2, 0.25) is 0 Å². The van der Waals surface area contributed by atoms with Crippen LogP contribution in [0.3, 0.4) is 0 Å². The zero-order chi connectivity index (χ0) is 17.8. The van der Waals surface area contributed by atoms with Gasteiger partial charge in [-0.2, -0.15) is 0 Å². The lowest BCUT2D eigenvalue weighted by atomic mass is 9.74. The van der Waals surface area contributed by atoms with Crippen molar-refractivity contribution in [3.8, 4) is 5.75 Å². The molecule has 6 heteroatoms. The molecule has 0 bridgehead atoms. The molecule has 0 aromatic heterocycles. The van der Waals surface area contributed by atoms with Crippen molar-refractivity contribution in [3.05, 3.63) is 64.1 Å². The first kappa shape index (κ1) is 16.1. The third-order valence-corrected chi connectivity index (χ3v) is 5.50. The number of carbonyl (C=O) groups excluding carboxylic acids is 1. The molecule has 2 N–H and O–H groups in total. The van der Waals surface area contributed by atoms with Crippen LogP contribution in [0, 0.1) is 0 Å². The molecule has 2 heterocycles. The molecule has 1 amide bonds. The van der Waals surface area contributed by atoms with Crippen LogP contribution < -0.4 is 10.5 Å². The van der Waals surface area contributed by atoms with Gasteiger partial charge in [0.1, 0.15) is 11.4 Å². The van der Waals surface area contributed by atoms with Crippen molar-refractivity contribution in [2.24, 2.45) is 10.7 Å². The Morgan fingerprint density at radius 2 is 1.96 bits per heavy atom. The minimum atomic E-state index is -1.07. The van der Waals surface area contributed by atoms with E-state index in [2.05, 4.69) is 20.9 Å². The van der Waals surface area contributed by atoms with E-state index in [0.717, 1.165) is 15.6 Å². The van der Waals surface area contributed by atoms with Crippen LogP contribution >= 0.6 is 15.9 Å². The fourth-order valence-corrected chi connectivity index (χ4v) is 4.08. The van der Waals surface area contributed by atoms with E-state index in [1.807, 2.05) is 55.5 Å². The molecule has 2 atom stereocenters. The molecule has 0 aliphatic carbocycles. The highest BCUT2D eigenvalue weighted by molar-refractivity contribution is 9.10. The number of benzene rings is 2. The Hall–Kier alpha value is -2.34. The Morgan fingerprint density at radius 1 is 1.24 bits per heavy atom. The van der Waals surface area contributed by atoms with Crippen molar-refractivity contribution >= 4 is 27.8 Å². The lowest BCUT2D eigenvalue weighted by Crippen LogP contribution is -2.49. The molecule has 0 saturated carbocycles. The summed E-state index contributed by atoms with van der Waals surface area (Å²) in [6.45, 7) is 1.99. The fraction of sp³-hybridized carbons (Fsp3) is 0.263. The molecule has 2 aromatic carbocycles. The van der Waals surface area contributed by atoms with Crippen LogP contribution in [0.4, 0.5) is 0 Å².